The second kappa shape index (κ2) is 8.42. The summed E-state index contributed by atoms with van der Waals surface area (Å²) in [6, 6.07) is 9.63. The Bertz CT molecular complexity index is 798. The summed E-state index contributed by atoms with van der Waals surface area (Å²) in [5.74, 6) is 1.87. The summed E-state index contributed by atoms with van der Waals surface area (Å²) in [4.78, 5) is 15.5. The molecule has 0 saturated heterocycles. The quantitative estimate of drug-likeness (QED) is 0.517. The molecule has 2 heterocycles. The van der Waals surface area contributed by atoms with Gasteiger partial charge in [0.1, 0.15) is 18.1 Å². The lowest BCUT2D eigenvalue weighted by atomic mass is 10.1. The first kappa shape index (κ1) is 17.8. The smallest absolute Gasteiger partial charge is 0.284 e. The van der Waals surface area contributed by atoms with Crippen LogP contribution in [0.1, 0.15) is 34.4 Å². The van der Waals surface area contributed by atoms with Gasteiger partial charge in [0.2, 0.25) is 0 Å². The van der Waals surface area contributed by atoms with Crippen LogP contribution < -0.4 is 21.1 Å². The van der Waals surface area contributed by atoms with Gasteiger partial charge in [0.15, 0.2) is 11.7 Å². The average Bonchev–Trinajstić information content (AvgIpc) is 3.28. The topological polar surface area (TPSA) is 102 Å². The lowest BCUT2D eigenvalue weighted by Gasteiger charge is -2.11. The molecule has 0 radical (unpaired) electrons. The van der Waals surface area contributed by atoms with Crippen LogP contribution in [-0.4, -0.2) is 31.6 Å². The Balaban J connectivity index is 1.53. The number of fused-ring (bicyclic) bond motifs is 1. The highest BCUT2D eigenvalue weighted by Crippen LogP contribution is 2.25. The van der Waals surface area contributed by atoms with Gasteiger partial charge in [-0.25, -0.2) is 4.99 Å². The Labute approximate surface area is 152 Å². The molecule has 26 heavy (non-hydrogen) atoms. The van der Waals surface area contributed by atoms with Gasteiger partial charge in [-0.15, -0.1) is 0 Å². The van der Waals surface area contributed by atoms with Crippen molar-refractivity contribution < 1.29 is 13.9 Å². The first-order valence-corrected chi connectivity index (χ1v) is 8.81. The molecule has 0 saturated carbocycles. The van der Waals surface area contributed by atoms with Crippen LogP contribution in [0.3, 0.4) is 0 Å². The predicted molar refractivity (Wildman–Crippen MR) is 99.4 cm³/mol. The van der Waals surface area contributed by atoms with Gasteiger partial charge in [0.05, 0.1) is 6.61 Å². The molecule has 1 aliphatic heterocycles. The highest BCUT2D eigenvalue weighted by atomic mass is 16.5. The number of hydrogen-bond donors (Lipinski definition) is 3. The van der Waals surface area contributed by atoms with E-state index >= 15 is 0 Å². The number of furan rings is 1. The van der Waals surface area contributed by atoms with Crippen molar-refractivity contribution >= 4 is 11.9 Å². The van der Waals surface area contributed by atoms with Gasteiger partial charge in [-0.2, -0.15) is 0 Å². The molecule has 0 fully saturated rings. The number of ether oxygens (including phenoxy) is 1. The number of benzene rings is 1. The Morgan fingerprint density at radius 1 is 1.27 bits per heavy atom. The highest BCUT2D eigenvalue weighted by molar-refractivity contribution is 5.89. The second-order valence-electron chi connectivity index (χ2n) is 6.04. The molecule has 1 aliphatic rings. The van der Waals surface area contributed by atoms with E-state index < -0.39 is 5.91 Å². The van der Waals surface area contributed by atoms with Crippen LogP contribution in [0.5, 0.6) is 5.75 Å². The third kappa shape index (κ3) is 4.56. The van der Waals surface area contributed by atoms with Gasteiger partial charge in [0, 0.05) is 19.5 Å². The minimum Gasteiger partial charge on any atom is -0.493 e. The number of nitrogens with one attached hydrogen (secondary N) is 2. The summed E-state index contributed by atoms with van der Waals surface area (Å²) in [5, 5.41) is 6.51. The molecular weight excluding hydrogens is 332 g/mol. The molecule has 0 bridgehead atoms. The first-order valence-electron chi connectivity index (χ1n) is 8.81. The van der Waals surface area contributed by atoms with Crippen molar-refractivity contribution in [1.82, 2.24) is 10.6 Å². The zero-order valence-electron chi connectivity index (χ0n) is 14.9. The molecule has 3 rings (SSSR count). The predicted octanol–water partition coefficient (Wildman–Crippen LogP) is 1.61. The summed E-state index contributed by atoms with van der Waals surface area (Å²) in [6.07, 6.45) is 1.88. The molecule has 1 amide bonds. The molecular formula is C19H24N4O3. The minimum atomic E-state index is -0.579. The monoisotopic (exact) mass is 356 g/mol. The summed E-state index contributed by atoms with van der Waals surface area (Å²) < 4.78 is 10.9. The van der Waals surface area contributed by atoms with E-state index in [2.05, 4.69) is 27.8 Å². The van der Waals surface area contributed by atoms with Crippen molar-refractivity contribution in [1.29, 1.82) is 0 Å². The highest BCUT2D eigenvalue weighted by Gasteiger charge is 2.12. The fourth-order valence-electron chi connectivity index (χ4n) is 2.81. The molecule has 0 spiro atoms. The summed E-state index contributed by atoms with van der Waals surface area (Å²) in [5.41, 5.74) is 7.74. The lowest BCUT2D eigenvalue weighted by molar-refractivity contribution is 0.0972. The van der Waals surface area contributed by atoms with Crippen LogP contribution in [0.25, 0.3) is 0 Å². The minimum absolute atomic E-state index is 0.147. The number of nitrogens with zero attached hydrogens (tertiary/aromatic N) is 1. The van der Waals surface area contributed by atoms with Gasteiger partial charge in [-0.05, 0) is 42.7 Å². The number of carbonyl (C=O) groups excluding carboxylic acids is 1. The van der Waals surface area contributed by atoms with Crippen LogP contribution in [0.4, 0.5) is 0 Å². The maximum Gasteiger partial charge on any atom is 0.284 e. The molecule has 1 aromatic carbocycles. The first-order chi connectivity index (χ1) is 12.7. The Hall–Kier alpha value is -2.96. The molecule has 0 atom stereocenters. The van der Waals surface area contributed by atoms with E-state index in [4.69, 9.17) is 14.9 Å². The number of nitrogens with two attached hydrogens (primary N) is 1. The van der Waals surface area contributed by atoms with E-state index in [1.165, 1.54) is 11.1 Å². The van der Waals surface area contributed by atoms with E-state index in [-0.39, 0.29) is 5.76 Å². The maximum atomic E-state index is 11.1. The molecule has 4 N–H and O–H groups in total. The number of rotatable bonds is 7. The molecule has 1 aromatic heterocycles. The van der Waals surface area contributed by atoms with Gasteiger partial charge in [-0.1, -0.05) is 12.1 Å². The average molecular weight is 356 g/mol. The Kier molecular flexibility index (Phi) is 5.78. The fourth-order valence-corrected chi connectivity index (χ4v) is 2.81. The van der Waals surface area contributed by atoms with Gasteiger partial charge in [-0.3, -0.25) is 4.79 Å². The second-order valence-corrected chi connectivity index (χ2v) is 6.04. The number of guanidine groups is 1. The van der Waals surface area contributed by atoms with Crippen molar-refractivity contribution in [2.24, 2.45) is 10.7 Å². The van der Waals surface area contributed by atoms with Crippen LogP contribution in [0, 0.1) is 0 Å². The maximum absolute atomic E-state index is 11.1. The summed E-state index contributed by atoms with van der Waals surface area (Å²) >= 11 is 0. The van der Waals surface area contributed by atoms with Crippen molar-refractivity contribution in [2.75, 3.05) is 19.7 Å². The zero-order chi connectivity index (χ0) is 18.4. The molecule has 138 valence electrons. The standard InChI is InChI=1S/C19H24N4O3/c1-2-21-19(23-12-15-4-6-17(26-15)18(20)24)22-9-7-13-3-5-16-14(11-13)8-10-25-16/h3-6,11H,2,7-10,12H2,1H3,(H2,20,24)(H2,21,22,23). The summed E-state index contributed by atoms with van der Waals surface area (Å²) in [7, 11) is 0. The van der Waals surface area contributed by atoms with Gasteiger partial charge >= 0.3 is 0 Å². The largest absolute Gasteiger partial charge is 0.493 e. The van der Waals surface area contributed by atoms with E-state index in [0.29, 0.717) is 18.3 Å². The number of amides is 1. The van der Waals surface area contributed by atoms with Gasteiger partial charge in [0.25, 0.3) is 5.91 Å². The van der Waals surface area contributed by atoms with Crippen LogP contribution in [-0.2, 0) is 19.4 Å². The number of aliphatic imine (C=N–C) groups is 1. The fraction of sp³-hybridized carbons (Fsp3) is 0.368. The van der Waals surface area contributed by atoms with E-state index in [9.17, 15) is 4.79 Å². The van der Waals surface area contributed by atoms with Crippen molar-refractivity contribution in [3.63, 3.8) is 0 Å². The normalized spacial score (nSPS) is 13.2. The number of hydrogen-bond acceptors (Lipinski definition) is 4. The van der Waals surface area contributed by atoms with E-state index in [1.54, 1.807) is 12.1 Å². The number of primary amides is 1. The van der Waals surface area contributed by atoms with Crippen molar-refractivity contribution in [2.45, 2.75) is 26.3 Å². The zero-order valence-corrected chi connectivity index (χ0v) is 14.9. The third-order valence-corrected chi connectivity index (χ3v) is 4.10. The lowest BCUT2D eigenvalue weighted by Crippen LogP contribution is -2.38. The van der Waals surface area contributed by atoms with Crippen molar-refractivity contribution in [3.05, 3.63) is 53.0 Å². The summed E-state index contributed by atoms with van der Waals surface area (Å²) in [6.45, 7) is 4.63. The molecule has 7 nitrogen and oxygen atoms in total. The Morgan fingerprint density at radius 3 is 2.92 bits per heavy atom. The Morgan fingerprint density at radius 2 is 2.15 bits per heavy atom. The number of carbonyl (C=O) groups is 1. The van der Waals surface area contributed by atoms with E-state index in [1.807, 2.05) is 13.0 Å². The third-order valence-electron chi connectivity index (χ3n) is 4.10. The van der Waals surface area contributed by atoms with Gasteiger partial charge < -0.3 is 25.5 Å². The molecule has 7 heteroatoms. The molecule has 2 aromatic rings. The van der Waals surface area contributed by atoms with Crippen molar-refractivity contribution in [3.8, 4) is 5.75 Å². The van der Waals surface area contributed by atoms with E-state index in [0.717, 1.165) is 38.3 Å². The van der Waals surface area contributed by atoms with Crippen LogP contribution in [0.2, 0.25) is 0 Å². The molecule has 0 unspecified atom stereocenters. The van der Waals surface area contributed by atoms with Crippen LogP contribution >= 0.6 is 0 Å². The SMILES string of the molecule is CCNC(=NCc1ccc(C(N)=O)o1)NCCc1ccc2c(c1)CCO2. The van der Waals surface area contributed by atoms with Crippen LogP contribution in [0.15, 0.2) is 39.7 Å². The molecule has 0 aliphatic carbocycles.